The minimum Gasteiger partial charge on any atom is -0.483 e. The number of carbonyl (C=O) groups is 1. The molecule has 1 amide bonds. The molecule has 0 unspecified atom stereocenters. The molecule has 2 aromatic carbocycles. The summed E-state index contributed by atoms with van der Waals surface area (Å²) in [6, 6.07) is 19.8. The van der Waals surface area contributed by atoms with Crippen LogP contribution in [-0.4, -0.2) is 47.0 Å². The Labute approximate surface area is 157 Å². The number of rotatable bonds is 4. The molecule has 4 rings (SSSR count). The van der Waals surface area contributed by atoms with Gasteiger partial charge in [-0.2, -0.15) is 11.8 Å². The van der Waals surface area contributed by atoms with E-state index in [1.807, 2.05) is 77.3 Å². The van der Waals surface area contributed by atoms with Crippen molar-refractivity contribution in [2.75, 3.05) is 31.2 Å². The van der Waals surface area contributed by atoms with Crippen molar-refractivity contribution in [3.05, 3.63) is 60.7 Å². The molecule has 3 aromatic rings. The Morgan fingerprint density at radius 2 is 1.77 bits per heavy atom. The molecule has 1 saturated heterocycles. The van der Waals surface area contributed by atoms with Crippen LogP contribution in [0.4, 0.5) is 0 Å². The predicted octanol–water partition coefficient (Wildman–Crippen LogP) is 3.86. The first kappa shape index (κ1) is 16.9. The molecule has 0 spiro atoms. The SMILES string of the molecule is O=C(COc1cc(-c2ccccc2)nc2ccccc12)N1CCSCC1. The summed E-state index contributed by atoms with van der Waals surface area (Å²) in [6.45, 7) is 1.67. The lowest BCUT2D eigenvalue weighted by Gasteiger charge is -2.26. The zero-order chi connectivity index (χ0) is 17.8. The van der Waals surface area contributed by atoms with Crippen molar-refractivity contribution in [2.45, 2.75) is 0 Å². The summed E-state index contributed by atoms with van der Waals surface area (Å²) in [6.07, 6.45) is 0. The second-order valence-electron chi connectivity index (χ2n) is 6.17. The van der Waals surface area contributed by atoms with Gasteiger partial charge in [-0.15, -0.1) is 0 Å². The number of fused-ring (bicyclic) bond motifs is 1. The molecule has 0 N–H and O–H groups in total. The summed E-state index contributed by atoms with van der Waals surface area (Å²) in [5.41, 5.74) is 2.74. The van der Waals surface area contributed by atoms with Crippen LogP contribution in [0.2, 0.25) is 0 Å². The predicted molar refractivity (Wildman–Crippen MR) is 107 cm³/mol. The average Bonchev–Trinajstić information content (AvgIpc) is 2.73. The van der Waals surface area contributed by atoms with E-state index in [-0.39, 0.29) is 12.5 Å². The van der Waals surface area contributed by atoms with Gasteiger partial charge in [0.2, 0.25) is 0 Å². The Hall–Kier alpha value is -2.53. The van der Waals surface area contributed by atoms with Crippen molar-refractivity contribution < 1.29 is 9.53 Å². The highest BCUT2D eigenvalue weighted by Crippen LogP contribution is 2.30. The maximum absolute atomic E-state index is 12.4. The second kappa shape index (κ2) is 7.79. The Bertz CT molecular complexity index is 908. The van der Waals surface area contributed by atoms with Gasteiger partial charge in [0.15, 0.2) is 6.61 Å². The summed E-state index contributed by atoms with van der Waals surface area (Å²) in [5.74, 6) is 2.76. The summed E-state index contributed by atoms with van der Waals surface area (Å²) in [7, 11) is 0. The van der Waals surface area contributed by atoms with E-state index in [0.29, 0.717) is 5.75 Å². The van der Waals surface area contributed by atoms with Crippen LogP contribution in [0.5, 0.6) is 5.75 Å². The van der Waals surface area contributed by atoms with Crippen molar-refractivity contribution in [2.24, 2.45) is 0 Å². The van der Waals surface area contributed by atoms with Gasteiger partial charge in [0.05, 0.1) is 11.2 Å². The second-order valence-corrected chi connectivity index (χ2v) is 7.40. The summed E-state index contributed by atoms with van der Waals surface area (Å²) in [4.78, 5) is 19.1. The molecular weight excluding hydrogens is 344 g/mol. The fraction of sp³-hybridized carbons (Fsp3) is 0.238. The van der Waals surface area contributed by atoms with E-state index in [9.17, 15) is 4.79 Å². The highest BCUT2D eigenvalue weighted by molar-refractivity contribution is 7.99. The van der Waals surface area contributed by atoms with Gasteiger partial charge in [0.25, 0.3) is 5.91 Å². The van der Waals surface area contributed by atoms with Gasteiger partial charge in [-0.25, -0.2) is 4.98 Å². The number of carbonyl (C=O) groups excluding carboxylic acids is 1. The first-order valence-corrected chi connectivity index (χ1v) is 9.90. The van der Waals surface area contributed by atoms with E-state index in [1.54, 1.807) is 0 Å². The molecule has 1 aliphatic rings. The highest BCUT2D eigenvalue weighted by Gasteiger charge is 2.18. The molecule has 1 aliphatic heterocycles. The first-order valence-electron chi connectivity index (χ1n) is 8.75. The number of hydrogen-bond acceptors (Lipinski definition) is 4. The Morgan fingerprint density at radius 3 is 2.58 bits per heavy atom. The molecule has 0 bridgehead atoms. The van der Waals surface area contributed by atoms with E-state index >= 15 is 0 Å². The van der Waals surface area contributed by atoms with Crippen molar-refractivity contribution in [1.29, 1.82) is 0 Å². The van der Waals surface area contributed by atoms with Gasteiger partial charge in [-0.3, -0.25) is 4.79 Å². The number of para-hydroxylation sites is 1. The molecule has 0 saturated carbocycles. The van der Waals surface area contributed by atoms with E-state index < -0.39 is 0 Å². The van der Waals surface area contributed by atoms with Gasteiger partial charge in [-0.1, -0.05) is 42.5 Å². The third kappa shape index (κ3) is 3.68. The molecule has 132 valence electrons. The monoisotopic (exact) mass is 364 g/mol. The van der Waals surface area contributed by atoms with E-state index in [1.165, 1.54) is 0 Å². The van der Waals surface area contributed by atoms with Crippen molar-refractivity contribution in [1.82, 2.24) is 9.88 Å². The van der Waals surface area contributed by atoms with Gasteiger partial charge < -0.3 is 9.64 Å². The third-order valence-corrected chi connectivity index (χ3v) is 5.41. The normalized spacial score (nSPS) is 14.4. The number of ether oxygens (including phenoxy) is 1. The molecule has 0 atom stereocenters. The van der Waals surface area contributed by atoms with E-state index in [2.05, 4.69) is 0 Å². The van der Waals surface area contributed by atoms with Crippen molar-refractivity contribution in [3.8, 4) is 17.0 Å². The smallest absolute Gasteiger partial charge is 0.260 e. The largest absolute Gasteiger partial charge is 0.483 e. The molecule has 1 aromatic heterocycles. The van der Waals surface area contributed by atoms with Gasteiger partial charge in [-0.05, 0) is 12.1 Å². The molecular formula is C21H20N2O2S. The quantitative estimate of drug-likeness (QED) is 0.705. The number of benzene rings is 2. The van der Waals surface area contributed by atoms with Crippen molar-refractivity contribution in [3.63, 3.8) is 0 Å². The van der Waals surface area contributed by atoms with E-state index in [4.69, 9.17) is 9.72 Å². The fourth-order valence-corrected chi connectivity index (χ4v) is 3.97. The molecule has 26 heavy (non-hydrogen) atoms. The van der Waals surface area contributed by atoms with Crippen LogP contribution in [0.15, 0.2) is 60.7 Å². The molecule has 0 aliphatic carbocycles. The van der Waals surface area contributed by atoms with Crippen LogP contribution < -0.4 is 4.74 Å². The summed E-state index contributed by atoms with van der Waals surface area (Å²) < 4.78 is 5.96. The van der Waals surface area contributed by atoms with Crippen LogP contribution in [0.1, 0.15) is 0 Å². The molecule has 5 heteroatoms. The lowest BCUT2D eigenvalue weighted by Crippen LogP contribution is -2.40. The van der Waals surface area contributed by atoms with Gasteiger partial charge in [0.1, 0.15) is 5.75 Å². The lowest BCUT2D eigenvalue weighted by molar-refractivity contribution is -0.132. The Kier molecular flexibility index (Phi) is 5.07. The third-order valence-electron chi connectivity index (χ3n) is 4.46. The average molecular weight is 364 g/mol. The lowest BCUT2D eigenvalue weighted by atomic mass is 10.1. The summed E-state index contributed by atoms with van der Waals surface area (Å²) in [5, 5.41) is 0.925. The maximum Gasteiger partial charge on any atom is 0.260 e. The Balaban J connectivity index is 1.61. The van der Waals surface area contributed by atoms with Crippen molar-refractivity contribution >= 4 is 28.6 Å². The minimum absolute atomic E-state index is 0.0486. The van der Waals surface area contributed by atoms with Gasteiger partial charge >= 0.3 is 0 Å². The fourth-order valence-electron chi connectivity index (χ4n) is 3.06. The number of hydrogen-bond donors (Lipinski definition) is 0. The molecule has 1 fully saturated rings. The number of amides is 1. The van der Waals surface area contributed by atoms with Gasteiger partial charge in [0, 0.05) is 41.6 Å². The zero-order valence-electron chi connectivity index (χ0n) is 14.4. The first-order chi connectivity index (χ1) is 12.8. The molecule has 4 nitrogen and oxygen atoms in total. The maximum atomic E-state index is 12.4. The number of pyridine rings is 1. The van der Waals surface area contributed by atoms with Crippen LogP contribution >= 0.6 is 11.8 Å². The van der Waals surface area contributed by atoms with Crippen LogP contribution in [0.25, 0.3) is 22.2 Å². The zero-order valence-corrected chi connectivity index (χ0v) is 15.2. The molecule has 0 radical (unpaired) electrons. The number of aromatic nitrogens is 1. The Morgan fingerprint density at radius 1 is 1.04 bits per heavy atom. The van der Waals surface area contributed by atoms with Crippen LogP contribution in [0.3, 0.4) is 0 Å². The minimum atomic E-state index is 0.0486. The molecule has 2 heterocycles. The highest BCUT2D eigenvalue weighted by atomic mass is 32.2. The number of nitrogens with zero attached hydrogens (tertiary/aromatic N) is 2. The van der Waals surface area contributed by atoms with Crippen LogP contribution in [0, 0.1) is 0 Å². The van der Waals surface area contributed by atoms with E-state index in [0.717, 1.165) is 46.8 Å². The number of thioether (sulfide) groups is 1. The summed E-state index contributed by atoms with van der Waals surface area (Å²) >= 11 is 1.89. The standard InChI is InChI=1S/C21H20N2O2S/c24-21(23-10-12-26-13-11-23)15-25-20-14-19(16-6-2-1-3-7-16)22-18-9-5-4-8-17(18)20/h1-9,14H,10-13,15H2. The van der Waals surface area contributed by atoms with Crippen LogP contribution in [-0.2, 0) is 4.79 Å². The topological polar surface area (TPSA) is 42.4 Å².